The van der Waals surface area contributed by atoms with Crippen LogP contribution in [0.1, 0.15) is 43.7 Å². The molecule has 8 heteroatoms. The van der Waals surface area contributed by atoms with Crippen molar-refractivity contribution in [3.63, 3.8) is 0 Å². The highest BCUT2D eigenvalue weighted by molar-refractivity contribution is 6.10. The number of alkyl halides is 1. The Morgan fingerprint density at radius 2 is 2.08 bits per heavy atom. The molecule has 0 radical (unpaired) electrons. The van der Waals surface area contributed by atoms with Gasteiger partial charge in [0.1, 0.15) is 22.6 Å². The first-order valence-corrected chi connectivity index (χ1v) is 8.27. The van der Waals surface area contributed by atoms with E-state index >= 15 is 0 Å². The predicted octanol–water partition coefficient (Wildman–Crippen LogP) is 2.11. The van der Waals surface area contributed by atoms with Gasteiger partial charge >= 0.3 is 0 Å². The maximum absolute atomic E-state index is 14.3. The molecule has 5 N–H and O–H groups in total. The molecule has 1 aliphatic carbocycles. The van der Waals surface area contributed by atoms with Gasteiger partial charge in [0.05, 0.1) is 18.0 Å². The summed E-state index contributed by atoms with van der Waals surface area (Å²) in [4.78, 5) is 20.6. The molecule has 0 bridgehead atoms. The van der Waals surface area contributed by atoms with Crippen molar-refractivity contribution >= 4 is 28.6 Å². The highest BCUT2D eigenvalue weighted by Crippen LogP contribution is 2.37. The third-order valence-electron chi connectivity index (χ3n) is 4.69. The molecule has 0 fully saturated rings. The van der Waals surface area contributed by atoms with E-state index in [0.29, 0.717) is 11.3 Å². The number of allylic oxidation sites excluding steroid dienone is 2. The Bertz CT molecular complexity index is 968. The number of anilines is 1. The zero-order valence-corrected chi connectivity index (χ0v) is 15.1. The van der Waals surface area contributed by atoms with E-state index in [1.807, 2.05) is 13.8 Å². The molecule has 1 amide bonds. The van der Waals surface area contributed by atoms with Crippen molar-refractivity contribution in [2.75, 3.05) is 5.73 Å². The lowest BCUT2D eigenvalue weighted by molar-refractivity contribution is 0.100. The van der Waals surface area contributed by atoms with Gasteiger partial charge in [0.15, 0.2) is 5.65 Å². The van der Waals surface area contributed by atoms with Gasteiger partial charge < -0.3 is 16.6 Å². The van der Waals surface area contributed by atoms with Gasteiger partial charge in [-0.15, -0.1) is 0 Å². The summed E-state index contributed by atoms with van der Waals surface area (Å²) in [7, 11) is 0. The predicted molar refractivity (Wildman–Crippen MR) is 97.8 cm³/mol. The van der Waals surface area contributed by atoms with Crippen LogP contribution in [0.3, 0.4) is 0 Å². The summed E-state index contributed by atoms with van der Waals surface area (Å²) in [6.45, 7) is 6.42. The lowest BCUT2D eigenvalue weighted by atomic mass is 9.91. The maximum Gasteiger partial charge on any atom is 0.254 e. The molecule has 0 unspecified atom stereocenters. The molecule has 2 aromatic heterocycles. The quantitative estimate of drug-likeness (QED) is 0.775. The van der Waals surface area contributed by atoms with E-state index in [9.17, 15) is 14.3 Å². The fourth-order valence-electron chi connectivity index (χ4n) is 3.23. The van der Waals surface area contributed by atoms with E-state index in [1.165, 1.54) is 20.0 Å². The van der Waals surface area contributed by atoms with E-state index in [-0.39, 0.29) is 28.5 Å². The molecule has 1 aliphatic rings. The SMILES string of the molecule is CC1=C(n2c(N)c(C(N)=O)c3nc(C(C)(C)F)cnc32)[C@H](C)[C@H](O)C=C1. The largest absolute Gasteiger partial charge is 0.388 e. The summed E-state index contributed by atoms with van der Waals surface area (Å²) in [5, 5.41) is 10.2. The average Bonchev–Trinajstić information content (AvgIpc) is 2.82. The summed E-state index contributed by atoms with van der Waals surface area (Å²) in [5.74, 6) is -0.991. The van der Waals surface area contributed by atoms with Gasteiger partial charge in [-0.2, -0.15) is 0 Å². The first kappa shape index (κ1) is 18.1. The molecule has 0 saturated carbocycles. The number of aromatic nitrogens is 3. The summed E-state index contributed by atoms with van der Waals surface area (Å²) >= 11 is 0. The van der Waals surface area contributed by atoms with Crippen molar-refractivity contribution in [1.29, 1.82) is 0 Å². The topological polar surface area (TPSA) is 120 Å². The van der Waals surface area contributed by atoms with Gasteiger partial charge in [-0.3, -0.25) is 9.36 Å². The van der Waals surface area contributed by atoms with Gasteiger partial charge in [0.25, 0.3) is 5.91 Å². The second-order valence-corrected chi connectivity index (χ2v) is 7.07. The number of rotatable bonds is 3. The molecule has 26 heavy (non-hydrogen) atoms. The number of primary amides is 1. The van der Waals surface area contributed by atoms with E-state index in [2.05, 4.69) is 9.97 Å². The van der Waals surface area contributed by atoms with Crippen LogP contribution in [-0.4, -0.2) is 31.7 Å². The molecule has 0 aliphatic heterocycles. The van der Waals surface area contributed by atoms with Crippen LogP contribution >= 0.6 is 0 Å². The van der Waals surface area contributed by atoms with Crippen LogP contribution in [0.5, 0.6) is 0 Å². The number of nitrogen functional groups attached to an aromatic ring is 1. The van der Waals surface area contributed by atoms with Crippen molar-refractivity contribution in [3.05, 3.63) is 35.2 Å². The Balaban J connectivity index is 2.39. The summed E-state index contributed by atoms with van der Waals surface area (Å²) < 4.78 is 15.9. The molecule has 3 rings (SSSR count). The Kier molecular flexibility index (Phi) is 4.11. The zero-order valence-electron chi connectivity index (χ0n) is 15.1. The van der Waals surface area contributed by atoms with Crippen LogP contribution in [0.15, 0.2) is 23.9 Å². The number of hydrogen-bond donors (Lipinski definition) is 3. The van der Waals surface area contributed by atoms with Crippen LogP contribution in [-0.2, 0) is 5.67 Å². The summed E-state index contributed by atoms with van der Waals surface area (Å²) in [6, 6.07) is 0. The third kappa shape index (κ3) is 2.66. The van der Waals surface area contributed by atoms with Crippen LogP contribution in [0.4, 0.5) is 10.2 Å². The molecule has 0 aromatic carbocycles. The molecule has 7 nitrogen and oxygen atoms in total. The number of hydrogen-bond acceptors (Lipinski definition) is 5. The number of amides is 1. The number of nitrogens with two attached hydrogens (primary N) is 2. The molecule has 138 valence electrons. The average molecular weight is 359 g/mol. The molecule has 2 atom stereocenters. The van der Waals surface area contributed by atoms with Gasteiger partial charge in [0, 0.05) is 11.6 Å². The number of carbonyl (C=O) groups is 1. The Labute approximate surface area is 150 Å². The number of aliphatic hydroxyl groups excluding tert-OH is 1. The standard InChI is InChI=1S/C18H22FN5O2/c1-8-5-6-10(25)9(2)14(8)24-15(20)12(16(21)26)13-17(24)22-7-11(23-13)18(3,4)19/h5-7,9-10,25H,20H2,1-4H3,(H2,21,26)/t9-,10-/m1/s1. The van der Waals surface area contributed by atoms with Crippen LogP contribution in [0.2, 0.25) is 0 Å². The van der Waals surface area contributed by atoms with Crippen LogP contribution in [0, 0.1) is 5.92 Å². The molecule has 2 heterocycles. The second kappa shape index (κ2) is 5.91. The lowest BCUT2D eigenvalue weighted by Crippen LogP contribution is -2.24. The van der Waals surface area contributed by atoms with Gasteiger partial charge in [-0.05, 0) is 26.3 Å². The van der Waals surface area contributed by atoms with Crippen molar-refractivity contribution in [1.82, 2.24) is 14.5 Å². The number of aliphatic hydroxyl groups is 1. The Hall–Kier alpha value is -2.74. The van der Waals surface area contributed by atoms with Crippen molar-refractivity contribution in [2.24, 2.45) is 11.7 Å². The number of carbonyl (C=O) groups excluding carboxylic acids is 1. The zero-order chi connectivity index (χ0) is 19.4. The summed E-state index contributed by atoms with van der Waals surface area (Å²) in [5.41, 5.74) is 12.1. The highest BCUT2D eigenvalue weighted by atomic mass is 19.1. The third-order valence-corrected chi connectivity index (χ3v) is 4.69. The van der Waals surface area contributed by atoms with Crippen LogP contribution < -0.4 is 11.5 Å². The first-order chi connectivity index (χ1) is 12.0. The van der Waals surface area contributed by atoms with E-state index < -0.39 is 17.7 Å². The lowest BCUT2D eigenvalue weighted by Gasteiger charge is -2.27. The van der Waals surface area contributed by atoms with Gasteiger partial charge in [-0.25, -0.2) is 14.4 Å². The minimum absolute atomic E-state index is 0.00450. The second-order valence-electron chi connectivity index (χ2n) is 7.07. The van der Waals surface area contributed by atoms with E-state index in [0.717, 1.165) is 5.57 Å². The number of halogens is 1. The maximum atomic E-state index is 14.3. The number of nitrogens with zero attached hydrogens (tertiary/aromatic N) is 3. The normalized spacial score (nSPS) is 20.8. The molecular weight excluding hydrogens is 337 g/mol. The molecule has 2 aromatic rings. The van der Waals surface area contributed by atoms with E-state index in [4.69, 9.17) is 11.5 Å². The fraction of sp³-hybridized carbons (Fsp3) is 0.389. The minimum Gasteiger partial charge on any atom is -0.388 e. The molecular formula is C18H22FN5O2. The summed E-state index contributed by atoms with van der Waals surface area (Å²) in [6.07, 6.45) is 4.08. The van der Waals surface area contributed by atoms with Crippen molar-refractivity contribution < 1.29 is 14.3 Å². The smallest absolute Gasteiger partial charge is 0.254 e. The number of fused-ring (bicyclic) bond motifs is 1. The van der Waals surface area contributed by atoms with Gasteiger partial charge in [-0.1, -0.05) is 19.1 Å². The fourth-order valence-corrected chi connectivity index (χ4v) is 3.23. The Morgan fingerprint density at radius 1 is 1.42 bits per heavy atom. The monoisotopic (exact) mass is 359 g/mol. The van der Waals surface area contributed by atoms with E-state index in [1.54, 1.807) is 16.7 Å². The van der Waals surface area contributed by atoms with Crippen molar-refractivity contribution in [3.8, 4) is 0 Å². The van der Waals surface area contributed by atoms with Crippen LogP contribution in [0.25, 0.3) is 16.9 Å². The van der Waals surface area contributed by atoms with Gasteiger partial charge in [0.2, 0.25) is 0 Å². The Morgan fingerprint density at radius 3 is 2.65 bits per heavy atom. The highest BCUT2D eigenvalue weighted by Gasteiger charge is 2.31. The molecule has 0 spiro atoms. The minimum atomic E-state index is -1.74. The molecule has 0 saturated heterocycles. The van der Waals surface area contributed by atoms with Crippen molar-refractivity contribution in [2.45, 2.75) is 39.5 Å². The first-order valence-electron chi connectivity index (χ1n) is 8.27.